The zero-order valence-electron chi connectivity index (χ0n) is 22.2. The van der Waals surface area contributed by atoms with Crippen LogP contribution in [-0.2, 0) is 37.0 Å². The van der Waals surface area contributed by atoms with Crippen LogP contribution in [0.3, 0.4) is 0 Å². The Hall–Kier alpha value is -0.369. The lowest BCUT2D eigenvalue weighted by Crippen LogP contribution is -2.54. The van der Waals surface area contributed by atoms with E-state index in [1.54, 1.807) is 0 Å². The van der Waals surface area contributed by atoms with Gasteiger partial charge in [-0.25, -0.2) is 0 Å². The molecule has 0 heterocycles. The van der Waals surface area contributed by atoms with E-state index in [1.807, 2.05) is 0 Å². The van der Waals surface area contributed by atoms with E-state index in [0.29, 0.717) is 26.4 Å². The molecule has 0 spiro atoms. The first-order valence-electron chi connectivity index (χ1n) is 13.0. The van der Waals surface area contributed by atoms with Crippen LogP contribution in [0.4, 0.5) is 0 Å². The molecule has 9 heteroatoms. The quantitative estimate of drug-likeness (QED) is 0.201. The average molecular weight is 529 g/mol. The van der Waals surface area contributed by atoms with Gasteiger partial charge in [0.05, 0.1) is 26.4 Å². The molecule has 6 nitrogen and oxygen atoms in total. The standard InChI is InChI=1S/C25H48O6Si3/c1-32(2,19-6-15-28-17-13-26)30-34(5,31-33(3,4)20-7-16-29-18-14-27)21-12-23-8-9-24-10-11-25(24)22-23/h8-9,22,26-27H,6-7,10-21H2,1-5H3. The lowest BCUT2D eigenvalue weighted by molar-refractivity contribution is 0.0922. The molecule has 0 atom stereocenters. The first-order chi connectivity index (χ1) is 16.1. The zero-order valence-corrected chi connectivity index (χ0v) is 25.2. The molecular weight excluding hydrogens is 481 g/mol. The smallest absolute Gasteiger partial charge is 0.314 e. The van der Waals surface area contributed by atoms with Crippen molar-refractivity contribution in [1.82, 2.24) is 0 Å². The van der Waals surface area contributed by atoms with E-state index in [4.69, 9.17) is 27.9 Å². The Labute approximate surface area is 210 Å². The highest BCUT2D eigenvalue weighted by molar-refractivity contribution is 6.88. The first kappa shape index (κ1) is 29.9. The zero-order chi connectivity index (χ0) is 25.1. The topological polar surface area (TPSA) is 77.4 Å². The van der Waals surface area contributed by atoms with Gasteiger partial charge < -0.3 is 27.9 Å². The fourth-order valence-electron chi connectivity index (χ4n) is 4.70. The van der Waals surface area contributed by atoms with E-state index < -0.39 is 25.2 Å². The molecular formula is C25H48O6Si3. The SMILES string of the molecule is C[Si](C)(CCCOCCO)O[Si](C)(CCc1ccc2c(c1)CC2)O[Si](C)(C)CCCOCCO. The molecule has 0 saturated heterocycles. The molecule has 0 amide bonds. The van der Waals surface area contributed by atoms with Crippen LogP contribution < -0.4 is 0 Å². The van der Waals surface area contributed by atoms with E-state index in [2.05, 4.69) is 50.9 Å². The summed E-state index contributed by atoms with van der Waals surface area (Å²) in [6.07, 6.45) is 5.35. The van der Waals surface area contributed by atoms with Gasteiger partial charge in [0, 0.05) is 13.2 Å². The highest BCUT2D eigenvalue weighted by atomic mass is 28.5. The summed E-state index contributed by atoms with van der Waals surface area (Å²) in [5.74, 6) is 0. The number of aliphatic hydroxyl groups is 2. The lowest BCUT2D eigenvalue weighted by atomic mass is 9.87. The van der Waals surface area contributed by atoms with E-state index in [1.165, 1.54) is 29.5 Å². The summed E-state index contributed by atoms with van der Waals surface area (Å²) in [6.45, 7) is 13.8. The van der Waals surface area contributed by atoms with Crippen LogP contribution in [0.1, 0.15) is 29.5 Å². The lowest BCUT2D eigenvalue weighted by Gasteiger charge is -2.41. The maximum absolute atomic E-state index is 8.91. The van der Waals surface area contributed by atoms with E-state index >= 15 is 0 Å². The summed E-state index contributed by atoms with van der Waals surface area (Å²) >= 11 is 0. The summed E-state index contributed by atoms with van der Waals surface area (Å²) in [4.78, 5) is 0. The van der Waals surface area contributed by atoms with Crippen LogP contribution in [0.25, 0.3) is 0 Å². The number of benzene rings is 1. The van der Waals surface area contributed by atoms with Crippen LogP contribution in [0, 0.1) is 0 Å². The Morgan fingerprint density at radius 2 is 1.24 bits per heavy atom. The molecule has 0 radical (unpaired) electrons. The van der Waals surface area contributed by atoms with Crippen molar-refractivity contribution < 1.29 is 27.9 Å². The van der Waals surface area contributed by atoms with E-state index in [-0.39, 0.29) is 13.2 Å². The van der Waals surface area contributed by atoms with Crippen molar-refractivity contribution in [1.29, 1.82) is 0 Å². The minimum Gasteiger partial charge on any atom is -0.436 e. The van der Waals surface area contributed by atoms with Gasteiger partial charge >= 0.3 is 8.56 Å². The molecule has 1 aromatic carbocycles. The highest BCUT2D eigenvalue weighted by Crippen LogP contribution is 2.31. The molecule has 1 aliphatic carbocycles. The third-order valence-electron chi connectivity index (χ3n) is 6.39. The van der Waals surface area contributed by atoms with Crippen LogP contribution >= 0.6 is 0 Å². The molecule has 0 bridgehead atoms. The fraction of sp³-hybridized carbons (Fsp3) is 0.760. The number of hydrogen-bond donors (Lipinski definition) is 2. The largest absolute Gasteiger partial charge is 0.436 e. The third-order valence-corrected chi connectivity index (χ3v) is 18.5. The molecule has 0 saturated carbocycles. The van der Waals surface area contributed by atoms with Crippen molar-refractivity contribution in [3.63, 3.8) is 0 Å². The molecule has 2 rings (SSSR count). The Bertz CT molecular complexity index is 701. The normalized spacial score (nSPS) is 14.2. The Balaban J connectivity index is 2.00. The van der Waals surface area contributed by atoms with Crippen LogP contribution in [0.2, 0.25) is 50.9 Å². The molecule has 0 fully saturated rings. The monoisotopic (exact) mass is 528 g/mol. The van der Waals surface area contributed by atoms with Gasteiger partial charge in [0.15, 0.2) is 16.6 Å². The summed E-state index contributed by atoms with van der Waals surface area (Å²) < 4.78 is 25.0. The van der Waals surface area contributed by atoms with Gasteiger partial charge in [-0.15, -0.1) is 0 Å². The molecule has 2 N–H and O–H groups in total. The molecule has 34 heavy (non-hydrogen) atoms. The van der Waals surface area contributed by atoms with Gasteiger partial charge in [-0.1, -0.05) is 18.2 Å². The maximum atomic E-state index is 8.91. The van der Waals surface area contributed by atoms with Crippen molar-refractivity contribution in [2.24, 2.45) is 0 Å². The number of rotatable bonds is 19. The van der Waals surface area contributed by atoms with Gasteiger partial charge in [-0.2, -0.15) is 0 Å². The minimum atomic E-state index is -2.40. The summed E-state index contributed by atoms with van der Waals surface area (Å²) in [7, 11) is -6.27. The van der Waals surface area contributed by atoms with Crippen LogP contribution in [-0.4, -0.2) is 75.1 Å². The Kier molecular flexibility index (Phi) is 12.6. The van der Waals surface area contributed by atoms with Gasteiger partial charge in [0.2, 0.25) is 0 Å². The fourth-order valence-corrected chi connectivity index (χ4v) is 19.0. The predicted molar refractivity (Wildman–Crippen MR) is 146 cm³/mol. The Morgan fingerprint density at radius 3 is 1.68 bits per heavy atom. The van der Waals surface area contributed by atoms with Crippen molar-refractivity contribution in [3.8, 4) is 0 Å². The second-order valence-electron chi connectivity index (χ2n) is 10.8. The maximum Gasteiger partial charge on any atom is 0.314 e. The van der Waals surface area contributed by atoms with E-state index in [0.717, 1.165) is 37.4 Å². The third kappa shape index (κ3) is 11.1. The Morgan fingerprint density at radius 1 is 0.706 bits per heavy atom. The van der Waals surface area contributed by atoms with E-state index in [9.17, 15) is 0 Å². The highest BCUT2D eigenvalue weighted by Gasteiger charge is 2.42. The second-order valence-corrected chi connectivity index (χ2v) is 23.3. The van der Waals surface area contributed by atoms with Gasteiger partial charge in [-0.05, 0) is 99.7 Å². The van der Waals surface area contributed by atoms with Crippen molar-refractivity contribution >= 4 is 25.2 Å². The van der Waals surface area contributed by atoms with Crippen molar-refractivity contribution in [2.75, 3.05) is 39.6 Å². The molecule has 1 aromatic rings. The second kappa shape index (κ2) is 14.4. The van der Waals surface area contributed by atoms with Gasteiger partial charge in [0.1, 0.15) is 0 Å². The molecule has 1 aliphatic rings. The molecule has 0 unspecified atom stereocenters. The van der Waals surface area contributed by atoms with Crippen LogP contribution in [0.15, 0.2) is 18.2 Å². The number of aliphatic hydroxyl groups excluding tert-OH is 2. The number of aryl methyl sites for hydroxylation is 3. The number of fused-ring (bicyclic) bond motifs is 1. The molecule has 0 aromatic heterocycles. The summed E-state index contributed by atoms with van der Waals surface area (Å²) in [5.41, 5.74) is 4.42. The first-order valence-corrected chi connectivity index (χ1v) is 21.7. The molecule has 196 valence electrons. The summed E-state index contributed by atoms with van der Waals surface area (Å²) in [6, 6.07) is 10.00. The van der Waals surface area contributed by atoms with Crippen LogP contribution in [0.5, 0.6) is 0 Å². The van der Waals surface area contributed by atoms with Crippen molar-refractivity contribution in [3.05, 3.63) is 34.9 Å². The minimum absolute atomic E-state index is 0.0730. The summed E-state index contributed by atoms with van der Waals surface area (Å²) in [5, 5.41) is 17.8. The van der Waals surface area contributed by atoms with Crippen molar-refractivity contribution in [2.45, 2.75) is 83.0 Å². The van der Waals surface area contributed by atoms with Gasteiger partial charge in [-0.3, -0.25) is 0 Å². The molecule has 0 aliphatic heterocycles. The number of ether oxygens (including phenoxy) is 2. The number of hydrogen-bond acceptors (Lipinski definition) is 6. The predicted octanol–water partition coefficient (Wildman–Crippen LogP) is 4.64. The van der Waals surface area contributed by atoms with Gasteiger partial charge in [0.25, 0.3) is 0 Å². The average Bonchev–Trinajstić information content (AvgIpc) is 2.72.